The topological polar surface area (TPSA) is 48.9 Å². The largest absolute Gasteiger partial charge is 0.388 e. The van der Waals surface area contributed by atoms with Gasteiger partial charge in [0.25, 0.3) is 0 Å². The van der Waals surface area contributed by atoms with Crippen LogP contribution in [0.15, 0.2) is 18.3 Å². The molecule has 0 unspecified atom stereocenters. The van der Waals surface area contributed by atoms with E-state index in [2.05, 4.69) is 29.0 Å². The molecular weight excluding hydrogens is 196 g/mol. The third-order valence-electron chi connectivity index (χ3n) is 2.05. The van der Waals surface area contributed by atoms with Crippen molar-refractivity contribution in [2.75, 3.05) is 0 Å². The predicted molar refractivity (Wildman–Crippen MR) is 57.2 cm³/mol. The van der Waals surface area contributed by atoms with Gasteiger partial charge in [-0.05, 0) is 18.6 Å². The van der Waals surface area contributed by atoms with Crippen molar-refractivity contribution in [2.24, 2.45) is 0 Å². The van der Waals surface area contributed by atoms with Crippen LogP contribution >= 0.6 is 11.3 Å². The van der Waals surface area contributed by atoms with E-state index in [-0.39, 0.29) is 6.61 Å². The lowest BCUT2D eigenvalue weighted by Crippen LogP contribution is -1.83. The van der Waals surface area contributed by atoms with Gasteiger partial charge in [-0.25, -0.2) is 4.98 Å². The van der Waals surface area contributed by atoms with Crippen LogP contribution in [0.3, 0.4) is 0 Å². The van der Waals surface area contributed by atoms with Gasteiger partial charge in [-0.15, -0.1) is 11.3 Å². The molecule has 0 amide bonds. The Kier molecular flexibility index (Phi) is 2.65. The molecule has 0 aliphatic rings. The van der Waals surface area contributed by atoms with Gasteiger partial charge in [0.2, 0.25) is 0 Å². The molecule has 0 saturated heterocycles. The van der Waals surface area contributed by atoms with Crippen molar-refractivity contribution in [3.63, 3.8) is 0 Å². The molecule has 2 aromatic heterocycles. The van der Waals surface area contributed by atoms with Crippen LogP contribution in [0.2, 0.25) is 0 Å². The van der Waals surface area contributed by atoms with Crippen LogP contribution in [0.5, 0.6) is 0 Å². The zero-order valence-corrected chi connectivity index (χ0v) is 8.77. The number of hydrogen-bond acceptors (Lipinski definition) is 3. The normalized spacial score (nSPS) is 10.7. The first-order valence-electron chi connectivity index (χ1n) is 4.57. The third-order valence-corrected chi connectivity index (χ3v) is 3.32. The summed E-state index contributed by atoms with van der Waals surface area (Å²) in [6, 6.07) is 4.21. The Morgan fingerprint density at radius 3 is 2.93 bits per heavy atom. The molecule has 14 heavy (non-hydrogen) atoms. The predicted octanol–water partition coefficient (Wildman–Crippen LogP) is 2.19. The van der Waals surface area contributed by atoms with Gasteiger partial charge in [-0.1, -0.05) is 6.92 Å². The summed E-state index contributed by atoms with van der Waals surface area (Å²) in [7, 11) is 0. The van der Waals surface area contributed by atoms with Gasteiger partial charge in [-0.2, -0.15) is 0 Å². The number of rotatable bonds is 3. The number of aliphatic hydroxyl groups is 1. The number of nitrogens with zero attached hydrogens (tertiary/aromatic N) is 1. The Morgan fingerprint density at radius 1 is 1.50 bits per heavy atom. The maximum Gasteiger partial charge on any atom is 0.132 e. The molecular formula is C10H12N2OS. The summed E-state index contributed by atoms with van der Waals surface area (Å²) in [4.78, 5) is 9.65. The number of nitrogens with one attached hydrogen (secondary N) is 1. The Labute approximate surface area is 86.4 Å². The molecule has 0 saturated carbocycles. The molecule has 2 rings (SSSR count). The maximum atomic E-state index is 8.86. The molecule has 0 fully saturated rings. The SMILES string of the molecule is CCc1ccc(-c2cnc(CO)[nH]2)s1. The minimum atomic E-state index is -0.0357. The van der Waals surface area contributed by atoms with Crippen molar-refractivity contribution < 1.29 is 5.11 Å². The van der Waals surface area contributed by atoms with Crippen LogP contribution < -0.4 is 0 Å². The van der Waals surface area contributed by atoms with Gasteiger partial charge in [0.05, 0.1) is 16.8 Å². The summed E-state index contributed by atoms with van der Waals surface area (Å²) >= 11 is 1.76. The Morgan fingerprint density at radius 2 is 2.36 bits per heavy atom. The summed E-state index contributed by atoms with van der Waals surface area (Å²) in [6.07, 6.45) is 2.82. The number of aliphatic hydroxyl groups excluding tert-OH is 1. The molecule has 3 nitrogen and oxygen atoms in total. The number of hydrogen-bond donors (Lipinski definition) is 2. The molecule has 0 aliphatic carbocycles. The molecule has 2 heterocycles. The fourth-order valence-electron chi connectivity index (χ4n) is 1.28. The maximum absolute atomic E-state index is 8.86. The van der Waals surface area contributed by atoms with Crippen molar-refractivity contribution in [1.82, 2.24) is 9.97 Å². The molecule has 0 aliphatic heterocycles. The van der Waals surface area contributed by atoms with Crippen molar-refractivity contribution in [3.8, 4) is 10.6 Å². The zero-order chi connectivity index (χ0) is 9.97. The summed E-state index contributed by atoms with van der Waals surface area (Å²) in [5.41, 5.74) is 0.985. The van der Waals surface area contributed by atoms with E-state index in [1.807, 2.05) is 0 Å². The highest BCUT2D eigenvalue weighted by Crippen LogP contribution is 2.26. The molecule has 0 bridgehead atoms. The van der Waals surface area contributed by atoms with Crippen molar-refractivity contribution in [1.29, 1.82) is 0 Å². The van der Waals surface area contributed by atoms with Gasteiger partial charge in [0.15, 0.2) is 0 Å². The number of H-pyrrole nitrogens is 1. The molecule has 74 valence electrons. The Bertz CT molecular complexity index is 379. The first-order valence-corrected chi connectivity index (χ1v) is 5.39. The van der Waals surface area contributed by atoms with Gasteiger partial charge in [0.1, 0.15) is 12.4 Å². The van der Waals surface area contributed by atoms with Crippen molar-refractivity contribution in [2.45, 2.75) is 20.0 Å². The average molecular weight is 208 g/mol. The van der Waals surface area contributed by atoms with Crippen LogP contribution in [-0.2, 0) is 13.0 Å². The summed E-state index contributed by atoms with van der Waals surface area (Å²) in [5.74, 6) is 0.617. The molecule has 0 spiro atoms. The van der Waals surface area contributed by atoms with Crippen molar-refractivity contribution >= 4 is 11.3 Å². The number of imidazole rings is 1. The summed E-state index contributed by atoms with van der Waals surface area (Å²) < 4.78 is 0. The number of aromatic nitrogens is 2. The smallest absolute Gasteiger partial charge is 0.132 e. The lowest BCUT2D eigenvalue weighted by atomic mass is 10.3. The van der Waals surface area contributed by atoms with E-state index >= 15 is 0 Å². The molecule has 0 aromatic carbocycles. The Hall–Kier alpha value is -1.13. The fraction of sp³-hybridized carbons (Fsp3) is 0.300. The van der Waals surface area contributed by atoms with Crippen LogP contribution in [-0.4, -0.2) is 15.1 Å². The zero-order valence-electron chi connectivity index (χ0n) is 7.95. The molecule has 0 atom stereocenters. The van der Waals surface area contributed by atoms with Crippen LogP contribution in [0.1, 0.15) is 17.6 Å². The number of aromatic amines is 1. The molecule has 4 heteroatoms. The van der Waals surface area contributed by atoms with Crippen LogP contribution in [0, 0.1) is 0 Å². The molecule has 2 aromatic rings. The first kappa shape index (κ1) is 9.43. The average Bonchev–Trinajstić information content (AvgIpc) is 2.86. The third kappa shape index (κ3) is 1.71. The summed E-state index contributed by atoms with van der Waals surface area (Å²) in [5, 5.41) is 8.86. The molecule has 0 radical (unpaired) electrons. The van der Waals surface area contributed by atoms with Gasteiger partial charge in [0, 0.05) is 4.88 Å². The summed E-state index contributed by atoms with van der Waals surface area (Å²) in [6.45, 7) is 2.10. The monoisotopic (exact) mass is 208 g/mol. The lowest BCUT2D eigenvalue weighted by Gasteiger charge is -1.90. The number of thiophene rings is 1. The number of aryl methyl sites for hydroxylation is 1. The highest BCUT2D eigenvalue weighted by Gasteiger charge is 2.04. The minimum Gasteiger partial charge on any atom is -0.388 e. The second kappa shape index (κ2) is 3.94. The van der Waals surface area contributed by atoms with Crippen LogP contribution in [0.25, 0.3) is 10.6 Å². The van der Waals surface area contributed by atoms with E-state index < -0.39 is 0 Å². The van der Waals surface area contributed by atoms with E-state index in [1.54, 1.807) is 17.5 Å². The van der Waals surface area contributed by atoms with Gasteiger partial charge in [-0.3, -0.25) is 0 Å². The highest BCUT2D eigenvalue weighted by atomic mass is 32.1. The van der Waals surface area contributed by atoms with Crippen molar-refractivity contribution in [3.05, 3.63) is 29.0 Å². The van der Waals surface area contributed by atoms with E-state index in [9.17, 15) is 0 Å². The van der Waals surface area contributed by atoms with Gasteiger partial charge >= 0.3 is 0 Å². The lowest BCUT2D eigenvalue weighted by molar-refractivity contribution is 0.272. The van der Waals surface area contributed by atoms with E-state index in [0.29, 0.717) is 5.82 Å². The Balaban J connectivity index is 2.29. The minimum absolute atomic E-state index is 0.0357. The molecule has 2 N–H and O–H groups in total. The first-order chi connectivity index (χ1) is 6.83. The van der Waals surface area contributed by atoms with E-state index in [0.717, 1.165) is 12.1 Å². The highest BCUT2D eigenvalue weighted by molar-refractivity contribution is 7.15. The quantitative estimate of drug-likeness (QED) is 0.812. The fourth-order valence-corrected chi connectivity index (χ4v) is 2.19. The van der Waals surface area contributed by atoms with E-state index in [4.69, 9.17) is 5.11 Å². The van der Waals surface area contributed by atoms with Crippen LogP contribution in [0.4, 0.5) is 0 Å². The standard InChI is InChI=1S/C10H12N2OS/c1-2-7-3-4-9(14-7)8-5-11-10(6-13)12-8/h3-5,13H,2,6H2,1H3,(H,11,12). The van der Waals surface area contributed by atoms with Gasteiger partial charge < -0.3 is 10.1 Å². The second-order valence-electron chi connectivity index (χ2n) is 3.02. The second-order valence-corrected chi connectivity index (χ2v) is 4.19. The van der Waals surface area contributed by atoms with E-state index in [1.165, 1.54) is 9.75 Å².